The summed E-state index contributed by atoms with van der Waals surface area (Å²) in [6, 6.07) is 25.1. The molecule has 0 heterocycles. The van der Waals surface area contributed by atoms with Crippen molar-refractivity contribution in [2.45, 2.75) is 18.3 Å². The van der Waals surface area contributed by atoms with Gasteiger partial charge in [-0.05, 0) is 28.8 Å². The first-order valence-electron chi connectivity index (χ1n) is 8.42. The fraction of sp³-hybridized carbons (Fsp3) is 0.136. The van der Waals surface area contributed by atoms with Crippen LogP contribution in [0.25, 0.3) is 0 Å². The normalized spacial score (nSPS) is 12.6. The van der Waals surface area contributed by atoms with E-state index in [1.54, 1.807) is 0 Å². The van der Waals surface area contributed by atoms with Crippen molar-refractivity contribution in [3.8, 4) is 6.07 Å². The summed E-state index contributed by atoms with van der Waals surface area (Å²) < 4.78 is 38.3. The molecule has 0 amide bonds. The van der Waals surface area contributed by atoms with Gasteiger partial charge < -0.3 is 0 Å². The molecule has 0 aliphatic rings. The predicted molar refractivity (Wildman–Crippen MR) is 97.7 cm³/mol. The lowest BCUT2D eigenvalue weighted by atomic mass is 9.96. The second-order valence-corrected chi connectivity index (χ2v) is 6.10. The minimum absolute atomic E-state index is 0.264. The number of nitrogens with zero attached hydrogens (tertiary/aromatic N) is 1. The third-order valence-corrected chi connectivity index (χ3v) is 4.30. The van der Waals surface area contributed by atoms with Crippen LogP contribution in [0.1, 0.15) is 34.3 Å². The van der Waals surface area contributed by atoms with Crippen LogP contribution < -0.4 is 5.32 Å². The summed E-state index contributed by atoms with van der Waals surface area (Å²) in [5, 5.41) is 12.9. The highest BCUT2D eigenvalue weighted by molar-refractivity contribution is 5.35. The van der Waals surface area contributed by atoms with E-state index in [0.29, 0.717) is 5.56 Å². The number of hydrogen-bond donors (Lipinski definition) is 1. The van der Waals surface area contributed by atoms with E-state index < -0.39 is 17.8 Å². The van der Waals surface area contributed by atoms with E-state index in [2.05, 4.69) is 11.4 Å². The molecule has 3 aromatic rings. The monoisotopic (exact) mass is 366 g/mol. The second-order valence-electron chi connectivity index (χ2n) is 6.10. The topological polar surface area (TPSA) is 35.8 Å². The molecule has 3 aromatic carbocycles. The molecule has 0 saturated carbocycles. The summed E-state index contributed by atoms with van der Waals surface area (Å²) >= 11 is 0. The smallest absolute Gasteiger partial charge is 0.287 e. The van der Waals surface area contributed by atoms with Gasteiger partial charge in [-0.2, -0.15) is 18.4 Å². The van der Waals surface area contributed by atoms with Gasteiger partial charge in [0.1, 0.15) is 6.04 Å². The van der Waals surface area contributed by atoms with Crippen LogP contribution in [0, 0.1) is 11.3 Å². The Kier molecular flexibility index (Phi) is 5.58. The molecule has 136 valence electrons. The molecule has 0 aliphatic heterocycles. The average molecular weight is 366 g/mol. The lowest BCUT2D eigenvalue weighted by molar-refractivity contribution is -0.137. The summed E-state index contributed by atoms with van der Waals surface area (Å²) in [6.07, 6.45) is -4.40. The van der Waals surface area contributed by atoms with E-state index in [-0.39, 0.29) is 6.04 Å². The summed E-state index contributed by atoms with van der Waals surface area (Å²) in [6.45, 7) is 0. The van der Waals surface area contributed by atoms with Gasteiger partial charge in [0.25, 0.3) is 0 Å². The fourth-order valence-corrected chi connectivity index (χ4v) is 2.92. The van der Waals surface area contributed by atoms with E-state index in [4.69, 9.17) is 0 Å². The lowest BCUT2D eigenvalue weighted by Crippen LogP contribution is -2.26. The first-order chi connectivity index (χ1) is 13.0. The molecule has 0 spiro atoms. The first kappa shape index (κ1) is 18.7. The van der Waals surface area contributed by atoms with Crippen molar-refractivity contribution in [1.82, 2.24) is 5.32 Å². The zero-order valence-electron chi connectivity index (χ0n) is 14.3. The molecule has 0 unspecified atom stereocenters. The van der Waals surface area contributed by atoms with E-state index in [0.717, 1.165) is 23.3 Å². The van der Waals surface area contributed by atoms with Crippen LogP contribution in [-0.4, -0.2) is 0 Å². The van der Waals surface area contributed by atoms with Crippen molar-refractivity contribution >= 4 is 0 Å². The molecule has 27 heavy (non-hydrogen) atoms. The van der Waals surface area contributed by atoms with Crippen LogP contribution in [0.3, 0.4) is 0 Å². The van der Waals surface area contributed by atoms with Crippen LogP contribution >= 0.6 is 0 Å². The van der Waals surface area contributed by atoms with Crippen molar-refractivity contribution in [1.29, 1.82) is 5.26 Å². The van der Waals surface area contributed by atoms with Crippen molar-refractivity contribution < 1.29 is 13.2 Å². The van der Waals surface area contributed by atoms with Crippen LogP contribution in [-0.2, 0) is 6.18 Å². The minimum Gasteiger partial charge on any atom is -0.287 e. The Morgan fingerprint density at radius 3 is 1.59 bits per heavy atom. The second kappa shape index (κ2) is 8.07. The summed E-state index contributed by atoms with van der Waals surface area (Å²) in [4.78, 5) is 0. The quantitative estimate of drug-likeness (QED) is 0.633. The average Bonchev–Trinajstić information content (AvgIpc) is 2.70. The molecule has 3 rings (SSSR count). The Morgan fingerprint density at radius 1 is 0.704 bits per heavy atom. The van der Waals surface area contributed by atoms with Gasteiger partial charge in [0.2, 0.25) is 0 Å². The summed E-state index contributed by atoms with van der Waals surface area (Å²) in [7, 11) is 0. The third kappa shape index (κ3) is 4.55. The standard InChI is InChI=1S/C22H17F3N2/c23-22(24,25)19-13-11-16(12-14-19)20(15-26)27-21(17-7-3-1-4-8-17)18-9-5-2-6-10-18/h1-14,20-21,27H/t20-/m0/s1. The summed E-state index contributed by atoms with van der Waals surface area (Å²) in [5.74, 6) is 0. The van der Waals surface area contributed by atoms with Crippen LogP contribution in [0.15, 0.2) is 84.9 Å². The molecule has 0 bridgehead atoms. The van der Waals surface area contributed by atoms with Gasteiger partial charge in [0.05, 0.1) is 17.7 Å². The molecule has 0 saturated heterocycles. The first-order valence-corrected chi connectivity index (χ1v) is 8.42. The van der Waals surface area contributed by atoms with Gasteiger partial charge in [-0.15, -0.1) is 0 Å². The van der Waals surface area contributed by atoms with Gasteiger partial charge in [-0.1, -0.05) is 72.8 Å². The number of rotatable bonds is 5. The maximum absolute atomic E-state index is 12.8. The van der Waals surface area contributed by atoms with Gasteiger partial charge in [-0.3, -0.25) is 5.32 Å². The number of halogens is 3. The molecule has 2 nitrogen and oxygen atoms in total. The van der Waals surface area contributed by atoms with Crippen molar-refractivity contribution in [2.75, 3.05) is 0 Å². The number of alkyl halides is 3. The zero-order chi connectivity index (χ0) is 19.3. The molecule has 0 aromatic heterocycles. The molecule has 0 fully saturated rings. The van der Waals surface area contributed by atoms with Crippen LogP contribution in [0.5, 0.6) is 0 Å². The minimum atomic E-state index is -4.40. The Bertz CT molecular complexity index is 859. The third-order valence-electron chi connectivity index (χ3n) is 4.30. The zero-order valence-corrected chi connectivity index (χ0v) is 14.3. The molecule has 1 atom stereocenters. The number of benzene rings is 3. The maximum Gasteiger partial charge on any atom is 0.416 e. The summed E-state index contributed by atoms with van der Waals surface area (Å²) in [5.41, 5.74) is 1.69. The molecular weight excluding hydrogens is 349 g/mol. The SMILES string of the molecule is N#C[C@H](NC(c1ccccc1)c1ccccc1)c1ccc(C(F)(F)F)cc1. The van der Waals surface area contributed by atoms with Gasteiger partial charge >= 0.3 is 6.18 Å². The van der Waals surface area contributed by atoms with Crippen molar-refractivity contribution in [3.63, 3.8) is 0 Å². The number of hydrogen-bond acceptors (Lipinski definition) is 2. The number of nitriles is 1. The molecule has 1 N–H and O–H groups in total. The van der Waals surface area contributed by atoms with Gasteiger partial charge in [0.15, 0.2) is 0 Å². The largest absolute Gasteiger partial charge is 0.416 e. The highest BCUT2D eigenvalue weighted by atomic mass is 19.4. The number of nitrogens with one attached hydrogen (secondary N) is 1. The van der Waals surface area contributed by atoms with E-state index in [9.17, 15) is 18.4 Å². The molecule has 0 radical (unpaired) electrons. The lowest BCUT2D eigenvalue weighted by Gasteiger charge is -2.23. The van der Waals surface area contributed by atoms with Gasteiger partial charge in [0, 0.05) is 0 Å². The Morgan fingerprint density at radius 2 is 1.19 bits per heavy atom. The van der Waals surface area contributed by atoms with Crippen LogP contribution in [0.2, 0.25) is 0 Å². The highest BCUT2D eigenvalue weighted by Crippen LogP contribution is 2.31. The van der Waals surface area contributed by atoms with Crippen molar-refractivity contribution in [3.05, 3.63) is 107 Å². The van der Waals surface area contributed by atoms with Crippen LogP contribution in [0.4, 0.5) is 13.2 Å². The van der Waals surface area contributed by atoms with E-state index >= 15 is 0 Å². The molecule has 5 heteroatoms. The molecular formula is C22H17F3N2. The highest BCUT2D eigenvalue weighted by Gasteiger charge is 2.30. The Balaban J connectivity index is 1.91. The fourth-order valence-electron chi connectivity index (χ4n) is 2.92. The maximum atomic E-state index is 12.8. The van der Waals surface area contributed by atoms with Crippen molar-refractivity contribution in [2.24, 2.45) is 0 Å². The Labute approximate surface area is 155 Å². The van der Waals surface area contributed by atoms with Gasteiger partial charge in [-0.25, -0.2) is 0 Å². The van der Waals surface area contributed by atoms with E-state index in [1.165, 1.54) is 12.1 Å². The Hall–Kier alpha value is -3.10. The predicted octanol–water partition coefficient (Wildman–Crippen LogP) is 5.65. The van der Waals surface area contributed by atoms with E-state index in [1.807, 2.05) is 60.7 Å². The molecule has 0 aliphatic carbocycles.